The van der Waals surface area contributed by atoms with Gasteiger partial charge in [0.05, 0.1) is 18.0 Å². The topological polar surface area (TPSA) is 66.5 Å². The molecule has 1 atom stereocenters. The Morgan fingerprint density at radius 3 is 2.27 bits per heavy atom. The van der Waals surface area contributed by atoms with E-state index in [9.17, 15) is 22.0 Å². The zero-order valence-corrected chi connectivity index (χ0v) is 15.5. The Bertz CT molecular complexity index is 899. The summed E-state index contributed by atoms with van der Waals surface area (Å²) < 4.78 is 51.2. The van der Waals surface area contributed by atoms with Crippen LogP contribution in [0.25, 0.3) is 0 Å². The Morgan fingerprint density at radius 2 is 1.73 bits per heavy atom. The van der Waals surface area contributed by atoms with E-state index in [1.165, 1.54) is 0 Å². The van der Waals surface area contributed by atoms with Crippen molar-refractivity contribution in [3.05, 3.63) is 65.2 Å². The number of sulfonamides is 1. The molecule has 0 saturated heterocycles. The molecular weight excluding hydrogens is 362 g/mol. The van der Waals surface area contributed by atoms with Crippen LogP contribution in [0.2, 0.25) is 0 Å². The van der Waals surface area contributed by atoms with Crippen molar-refractivity contribution < 1.29 is 22.0 Å². The smallest absolute Gasteiger partial charge is 0.241 e. The number of hydrogen-bond acceptors (Lipinski definition) is 3. The van der Waals surface area contributed by atoms with Crippen molar-refractivity contribution in [2.24, 2.45) is 0 Å². The largest absolute Gasteiger partial charge is 0.348 e. The van der Waals surface area contributed by atoms with Crippen molar-refractivity contribution in [2.45, 2.75) is 19.9 Å². The minimum atomic E-state index is -3.87. The SMILES string of the molecule is Cc1ccc(C(C)NC(=O)CN(c2ccc(F)c(F)c2)S(C)(=O)=O)cc1. The van der Waals surface area contributed by atoms with Crippen molar-refractivity contribution in [1.29, 1.82) is 0 Å². The molecule has 0 heterocycles. The van der Waals surface area contributed by atoms with Crippen LogP contribution in [0.1, 0.15) is 24.1 Å². The van der Waals surface area contributed by atoms with Gasteiger partial charge in [-0.25, -0.2) is 17.2 Å². The maximum Gasteiger partial charge on any atom is 0.241 e. The van der Waals surface area contributed by atoms with Crippen molar-refractivity contribution >= 4 is 21.6 Å². The molecule has 140 valence electrons. The van der Waals surface area contributed by atoms with Gasteiger partial charge in [-0.1, -0.05) is 29.8 Å². The van der Waals surface area contributed by atoms with Crippen molar-refractivity contribution in [2.75, 3.05) is 17.1 Å². The van der Waals surface area contributed by atoms with Crippen LogP contribution in [0.3, 0.4) is 0 Å². The highest BCUT2D eigenvalue weighted by atomic mass is 32.2. The first-order chi connectivity index (χ1) is 12.1. The molecule has 0 radical (unpaired) electrons. The summed E-state index contributed by atoms with van der Waals surface area (Å²) in [5, 5.41) is 2.70. The van der Waals surface area contributed by atoms with E-state index in [1.807, 2.05) is 31.2 Å². The van der Waals surface area contributed by atoms with Gasteiger partial charge < -0.3 is 5.32 Å². The molecule has 0 aromatic heterocycles. The standard InChI is InChI=1S/C18H20F2N2O3S/c1-12-4-6-14(7-5-12)13(2)21-18(23)11-22(26(3,24)25)15-8-9-16(19)17(20)10-15/h4-10,13H,11H2,1-3H3,(H,21,23). The molecule has 26 heavy (non-hydrogen) atoms. The normalized spacial score (nSPS) is 12.5. The minimum Gasteiger partial charge on any atom is -0.348 e. The van der Waals surface area contributed by atoms with E-state index < -0.39 is 34.1 Å². The highest BCUT2D eigenvalue weighted by Crippen LogP contribution is 2.20. The molecule has 1 unspecified atom stereocenters. The van der Waals surface area contributed by atoms with Crippen molar-refractivity contribution in [3.8, 4) is 0 Å². The minimum absolute atomic E-state index is 0.121. The molecule has 2 rings (SSSR count). The number of carbonyl (C=O) groups is 1. The second-order valence-electron chi connectivity index (χ2n) is 6.07. The first kappa shape index (κ1) is 19.8. The Labute approximate surface area is 151 Å². The third kappa shape index (κ3) is 5.01. The molecule has 0 fully saturated rings. The number of amides is 1. The summed E-state index contributed by atoms with van der Waals surface area (Å²) >= 11 is 0. The first-order valence-corrected chi connectivity index (χ1v) is 9.71. The van der Waals surface area contributed by atoms with Crippen molar-refractivity contribution in [3.63, 3.8) is 0 Å². The monoisotopic (exact) mass is 382 g/mol. The zero-order chi connectivity index (χ0) is 19.5. The lowest BCUT2D eigenvalue weighted by Crippen LogP contribution is -2.41. The molecule has 2 aromatic carbocycles. The highest BCUT2D eigenvalue weighted by molar-refractivity contribution is 7.92. The lowest BCUT2D eigenvalue weighted by atomic mass is 10.1. The number of rotatable bonds is 6. The third-order valence-electron chi connectivity index (χ3n) is 3.83. The van der Waals surface area contributed by atoms with Gasteiger partial charge in [0.15, 0.2) is 11.6 Å². The maximum atomic E-state index is 13.4. The molecule has 2 aromatic rings. The Hall–Kier alpha value is -2.48. The molecule has 1 amide bonds. The number of halogens is 2. The van der Waals surface area contributed by atoms with Gasteiger partial charge in [0.1, 0.15) is 6.54 Å². The summed E-state index contributed by atoms with van der Waals surface area (Å²) in [6.07, 6.45) is 0.894. The van der Waals surface area contributed by atoms with Gasteiger partial charge in [0.25, 0.3) is 0 Å². The molecule has 0 aliphatic carbocycles. The van der Waals surface area contributed by atoms with Crippen molar-refractivity contribution in [1.82, 2.24) is 5.32 Å². The van der Waals surface area contributed by atoms with E-state index in [2.05, 4.69) is 5.32 Å². The zero-order valence-electron chi connectivity index (χ0n) is 14.7. The predicted molar refractivity (Wildman–Crippen MR) is 96.3 cm³/mol. The Morgan fingerprint density at radius 1 is 1.12 bits per heavy atom. The van der Waals surface area contributed by atoms with Crippen LogP contribution in [-0.2, 0) is 14.8 Å². The summed E-state index contributed by atoms with van der Waals surface area (Å²) in [6, 6.07) is 9.87. The van der Waals surface area contributed by atoms with Crippen LogP contribution >= 0.6 is 0 Å². The van der Waals surface area contributed by atoms with Gasteiger partial charge in [-0.3, -0.25) is 9.10 Å². The number of nitrogens with zero attached hydrogens (tertiary/aromatic N) is 1. The molecule has 0 saturated carbocycles. The van der Waals surface area contributed by atoms with Gasteiger partial charge in [-0.15, -0.1) is 0 Å². The lowest BCUT2D eigenvalue weighted by molar-refractivity contribution is -0.120. The van der Waals surface area contributed by atoms with Crippen LogP contribution in [-0.4, -0.2) is 27.1 Å². The van der Waals surface area contributed by atoms with Crippen LogP contribution in [0, 0.1) is 18.6 Å². The average Bonchev–Trinajstić information content (AvgIpc) is 2.55. The predicted octanol–water partition coefficient (Wildman–Crippen LogP) is 2.92. The van der Waals surface area contributed by atoms with E-state index in [-0.39, 0.29) is 11.7 Å². The van der Waals surface area contributed by atoms with Crippen LogP contribution in [0.4, 0.5) is 14.5 Å². The number of carbonyl (C=O) groups excluding carboxylic acids is 1. The van der Waals surface area contributed by atoms with Gasteiger partial charge in [0.2, 0.25) is 15.9 Å². The van der Waals surface area contributed by atoms with Crippen LogP contribution in [0.15, 0.2) is 42.5 Å². The quantitative estimate of drug-likeness (QED) is 0.835. The summed E-state index contributed by atoms with van der Waals surface area (Å²) in [7, 11) is -3.87. The molecule has 0 bridgehead atoms. The van der Waals surface area contributed by atoms with Gasteiger partial charge >= 0.3 is 0 Å². The second-order valence-corrected chi connectivity index (χ2v) is 7.97. The highest BCUT2D eigenvalue weighted by Gasteiger charge is 2.23. The molecule has 1 N–H and O–H groups in total. The Kier molecular flexibility index (Phi) is 5.97. The van der Waals surface area contributed by atoms with E-state index in [1.54, 1.807) is 6.92 Å². The van der Waals surface area contributed by atoms with Crippen LogP contribution < -0.4 is 9.62 Å². The van der Waals surface area contributed by atoms with E-state index >= 15 is 0 Å². The Balaban J connectivity index is 2.16. The summed E-state index contributed by atoms with van der Waals surface area (Å²) in [5.74, 6) is -2.85. The summed E-state index contributed by atoms with van der Waals surface area (Å²) in [5.41, 5.74) is 1.82. The van der Waals surface area contributed by atoms with Gasteiger partial charge in [-0.2, -0.15) is 0 Å². The number of anilines is 1. The second kappa shape index (κ2) is 7.82. The molecule has 0 aliphatic rings. The fourth-order valence-electron chi connectivity index (χ4n) is 2.40. The van der Waals surface area contributed by atoms with E-state index in [0.29, 0.717) is 0 Å². The molecule has 0 aliphatic heterocycles. The first-order valence-electron chi connectivity index (χ1n) is 7.86. The fourth-order valence-corrected chi connectivity index (χ4v) is 3.24. The third-order valence-corrected chi connectivity index (χ3v) is 4.97. The number of hydrogen-bond donors (Lipinski definition) is 1. The number of aryl methyl sites for hydroxylation is 1. The van der Waals surface area contributed by atoms with Crippen LogP contribution in [0.5, 0.6) is 0 Å². The lowest BCUT2D eigenvalue weighted by Gasteiger charge is -2.23. The van der Waals surface area contributed by atoms with Gasteiger partial charge in [0, 0.05) is 6.07 Å². The maximum absolute atomic E-state index is 13.4. The molecular formula is C18H20F2N2O3S. The summed E-state index contributed by atoms with van der Waals surface area (Å²) in [4.78, 5) is 12.3. The fraction of sp³-hybridized carbons (Fsp3) is 0.278. The number of nitrogens with one attached hydrogen (secondary N) is 1. The number of benzene rings is 2. The molecule has 5 nitrogen and oxygen atoms in total. The average molecular weight is 382 g/mol. The molecule has 8 heteroatoms. The molecule has 0 spiro atoms. The van der Waals surface area contributed by atoms with Gasteiger partial charge in [-0.05, 0) is 31.5 Å². The van der Waals surface area contributed by atoms with E-state index in [0.717, 1.165) is 39.9 Å². The summed E-state index contributed by atoms with van der Waals surface area (Å²) in [6.45, 7) is 3.17. The van der Waals surface area contributed by atoms with E-state index in [4.69, 9.17) is 0 Å².